The number of fused-ring (bicyclic) bond motifs is 2. The van der Waals surface area contributed by atoms with E-state index in [9.17, 15) is 18.0 Å². The van der Waals surface area contributed by atoms with Gasteiger partial charge in [0.2, 0.25) is 5.95 Å². The lowest BCUT2D eigenvalue weighted by Crippen LogP contribution is -2.57. The zero-order chi connectivity index (χ0) is 28.1. The number of rotatable bonds is 6. The van der Waals surface area contributed by atoms with Crippen molar-refractivity contribution < 1.29 is 32.2 Å². The van der Waals surface area contributed by atoms with Crippen molar-refractivity contribution >= 4 is 34.4 Å². The van der Waals surface area contributed by atoms with Gasteiger partial charge in [0.25, 0.3) is 5.91 Å². The standard InChI is InChI=1S/C27H30F3N7O4/c28-27(29,30)18-12-31-23-20(18)24(32-15-2-1-3-15)35-26(34-23)33-19-5-4-17(21-22(19)41-11-10-40-21)25(38)37-8-6-36(7-9-37)16-13-39-14-16/h4-5,12,15-16H,1-3,6-11,13-14H2,(H3,31,32,33,34,35). The van der Waals surface area contributed by atoms with Crippen molar-refractivity contribution in [2.45, 2.75) is 37.5 Å². The average Bonchev–Trinajstić information content (AvgIpc) is 3.35. The summed E-state index contributed by atoms with van der Waals surface area (Å²) in [7, 11) is 0. The summed E-state index contributed by atoms with van der Waals surface area (Å²) in [6, 6.07) is 3.84. The summed E-state index contributed by atoms with van der Waals surface area (Å²) in [6.45, 7) is 4.81. The second kappa shape index (κ2) is 10.2. The van der Waals surface area contributed by atoms with E-state index in [1.54, 1.807) is 12.1 Å². The van der Waals surface area contributed by atoms with Gasteiger partial charge in [-0.25, -0.2) is 0 Å². The summed E-state index contributed by atoms with van der Waals surface area (Å²) in [5.74, 6) is 0.724. The number of piperazine rings is 1. The van der Waals surface area contributed by atoms with Crippen molar-refractivity contribution in [2.24, 2.45) is 0 Å². The third kappa shape index (κ3) is 4.88. The molecule has 3 aromatic rings. The van der Waals surface area contributed by atoms with Gasteiger partial charge in [-0.3, -0.25) is 9.69 Å². The molecular formula is C27H30F3N7O4. The molecule has 0 radical (unpaired) electrons. The summed E-state index contributed by atoms with van der Waals surface area (Å²) in [5.41, 5.74) is 0.0814. The number of carbonyl (C=O) groups is 1. The Hall–Kier alpha value is -3.78. The SMILES string of the molecule is O=C(c1ccc(Nc2nc(NC3CCC3)c3c(C(F)(F)F)c[nH]c3n2)c2c1OCCO2)N1CCN(C2COC2)CC1. The zero-order valence-electron chi connectivity index (χ0n) is 22.2. The molecule has 1 amide bonds. The maximum Gasteiger partial charge on any atom is 0.418 e. The number of aromatic amines is 1. The lowest BCUT2D eigenvalue weighted by molar-refractivity contribution is -0.136. The van der Waals surface area contributed by atoms with E-state index < -0.39 is 11.7 Å². The summed E-state index contributed by atoms with van der Waals surface area (Å²) in [5, 5.41) is 6.15. The van der Waals surface area contributed by atoms with E-state index in [2.05, 4.69) is 30.5 Å². The molecule has 218 valence electrons. The fourth-order valence-electron chi connectivity index (χ4n) is 5.58. The highest BCUT2D eigenvalue weighted by molar-refractivity contribution is 5.99. The van der Waals surface area contributed by atoms with E-state index in [1.807, 2.05) is 4.90 Å². The fourth-order valence-corrected chi connectivity index (χ4v) is 5.58. The molecule has 3 aliphatic heterocycles. The molecule has 11 nitrogen and oxygen atoms in total. The van der Waals surface area contributed by atoms with Crippen LogP contribution in [0.1, 0.15) is 35.2 Å². The first-order chi connectivity index (χ1) is 19.8. The van der Waals surface area contributed by atoms with Crippen molar-refractivity contribution in [3.63, 3.8) is 0 Å². The van der Waals surface area contributed by atoms with Crippen LogP contribution < -0.4 is 20.1 Å². The number of ether oxygens (including phenoxy) is 3. The Kier molecular flexibility index (Phi) is 6.53. The van der Waals surface area contributed by atoms with Gasteiger partial charge in [0, 0.05) is 38.4 Å². The molecule has 1 aromatic carbocycles. The highest BCUT2D eigenvalue weighted by Crippen LogP contribution is 2.43. The number of alkyl halides is 3. The molecule has 1 aliphatic carbocycles. The van der Waals surface area contributed by atoms with E-state index in [-0.39, 0.29) is 48.0 Å². The molecule has 0 unspecified atom stereocenters. The number of halogens is 3. The number of nitrogens with one attached hydrogen (secondary N) is 3. The van der Waals surface area contributed by atoms with E-state index >= 15 is 0 Å². The van der Waals surface area contributed by atoms with Crippen LogP contribution in [0.15, 0.2) is 18.3 Å². The maximum absolute atomic E-state index is 13.7. The number of benzene rings is 1. The average molecular weight is 574 g/mol. The Labute approximate surface area is 233 Å². The predicted octanol–water partition coefficient (Wildman–Crippen LogP) is 3.61. The fraction of sp³-hybridized carbons (Fsp3) is 0.519. The van der Waals surface area contributed by atoms with Crippen molar-refractivity contribution in [3.8, 4) is 11.5 Å². The number of amides is 1. The molecular weight excluding hydrogens is 543 g/mol. The minimum Gasteiger partial charge on any atom is -0.485 e. The van der Waals surface area contributed by atoms with Gasteiger partial charge in [0.1, 0.15) is 24.7 Å². The lowest BCUT2D eigenvalue weighted by Gasteiger charge is -2.42. The summed E-state index contributed by atoms with van der Waals surface area (Å²) >= 11 is 0. The predicted molar refractivity (Wildman–Crippen MR) is 143 cm³/mol. The molecule has 41 heavy (non-hydrogen) atoms. The van der Waals surface area contributed by atoms with Crippen LogP contribution in [0.5, 0.6) is 11.5 Å². The van der Waals surface area contributed by atoms with Crippen LogP contribution in [0.4, 0.5) is 30.6 Å². The minimum atomic E-state index is -4.56. The smallest absolute Gasteiger partial charge is 0.418 e. The van der Waals surface area contributed by atoms with Crippen molar-refractivity contribution in [2.75, 3.05) is 63.2 Å². The summed E-state index contributed by atoms with van der Waals surface area (Å²) < 4.78 is 58.3. The van der Waals surface area contributed by atoms with Crippen LogP contribution >= 0.6 is 0 Å². The molecule has 7 rings (SSSR count). The largest absolute Gasteiger partial charge is 0.485 e. The normalized spacial score (nSPS) is 20.0. The topological polar surface area (TPSA) is 117 Å². The second-order valence-electron chi connectivity index (χ2n) is 10.8. The molecule has 5 heterocycles. The monoisotopic (exact) mass is 573 g/mol. The maximum atomic E-state index is 13.7. The van der Waals surface area contributed by atoms with Gasteiger partial charge in [0.05, 0.1) is 41.5 Å². The van der Waals surface area contributed by atoms with Crippen molar-refractivity contribution in [3.05, 3.63) is 29.5 Å². The van der Waals surface area contributed by atoms with E-state index in [1.165, 1.54) is 0 Å². The molecule has 14 heteroatoms. The number of anilines is 3. The van der Waals surface area contributed by atoms with Gasteiger partial charge in [-0.2, -0.15) is 23.1 Å². The highest BCUT2D eigenvalue weighted by Gasteiger charge is 2.37. The number of nitrogens with zero attached hydrogens (tertiary/aromatic N) is 4. The lowest BCUT2D eigenvalue weighted by atomic mass is 9.93. The highest BCUT2D eigenvalue weighted by atomic mass is 19.4. The molecule has 0 spiro atoms. The molecule has 4 aliphatic rings. The first-order valence-electron chi connectivity index (χ1n) is 13.9. The minimum absolute atomic E-state index is 0.0515. The molecule has 3 fully saturated rings. The molecule has 0 atom stereocenters. The second-order valence-corrected chi connectivity index (χ2v) is 10.8. The van der Waals surface area contributed by atoms with E-state index in [0.29, 0.717) is 41.9 Å². The first kappa shape index (κ1) is 26.1. The van der Waals surface area contributed by atoms with Gasteiger partial charge in [-0.15, -0.1) is 0 Å². The van der Waals surface area contributed by atoms with Gasteiger partial charge < -0.3 is 34.7 Å². The van der Waals surface area contributed by atoms with Crippen LogP contribution in [0.3, 0.4) is 0 Å². The number of hydrogen-bond donors (Lipinski definition) is 3. The number of carbonyl (C=O) groups excluding carboxylic acids is 1. The third-order valence-corrected chi connectivity index (χ3v) is 8.19. The third-order valence-electron chi connectivity index (χ3n) is 8.19. The molecule has 1 saturated carbocycles. The van der Waals surface area contributed by atoms with Crippen LogP contribution in [0.25, 0.3) is 11.0 Å². The molecule has 2 saturated heterocycles. The molecule has 0 bridgehead atoms. The zero-order valence-corrected chi connectivity index (χ0v) is 22.2. The van der Waals surface area contributed by atoms with E-state index in [4.69, 9.17) is 14.2 Å². The van der Waals surface area contributed by atoms with Gasteiger partial charge in [0.15, 0.2) is 11.5 Å². The molecule has 3 N–H and O–H groups in total. The van der Waals surface area contributed by atoms with Crippen LogP contribution in [-0.2, 0) is 10.9 Å². The molecule has 2 aromatic heterocycles. The number of aromatic nitrogens is 3. The van der Waals surface area contributed by atoms with E-state index in [0.717, 1.165) is 51.8 Å². The summed E-state index contributed by atoms with van der Waals surface area (Å²) in [4.78, 5) is 29.1. The number of hydrogen-bond acceptors (Lipinski definition) is 9. The Balaban J connectivity index is 1.17. The van der Waals surface area contributed by atoms with Crippen LogP contribution in [0.2, 0.25) is 0 Å². The van der Waals surface area contributed by atoms with Crippen LogP contribution in [0, 0.1) is 0 Å². The van der Waals surface area contributed by atoms with Gasteiger partial charge in [-0.05, 0) is 31.4 Å². The van der Waals surface area contributed by atoms with Crippen molar-refractivity contribution in [1.29, 1.82) is 0 Å². The Morgan fingerprint density at radius 1 is 1.02 bits per heavy atom. The van der Waals surface area contributed by atoms with Crippen LogP contribution in [-0.4, -0.2) is 95.3 Å². The Morgan fingerprint density at radius 2 is 1.78 bits per heavy atom. The Bertz CT molecular complexity index is 1460. The first-order valence-corrected chi connectivity index (χ1v) is 13.9. The quantitative estimate of drug-likeness (QED) is 0.407. The Morgan fingerprint density at radius 3 is 2.44 bits per heavy atom. The van der Waals surface area contributed by atoms with Gasteiger partial charge in [-0.1, -0.05) is 0 Å². The number of H-pyrrole nitrogens is 1. The summed E-state index contributed by atoms with van der Waals surface area (Å²) in [6.07, 6.45) is -0.919. The van der Waals surface area contributed by atoms with Crippen molar-refractivity contribution in [1.82, 2.24) is 24.8 Å². The van der Waals surface area contributed by atoms with Gasteiger partial charge >= 0.3 is 6.18 Å².